The zero-order chi connectivity index (χ0) is 21.3. The van der Waals surface area contributed by atoms with E-state index in [2.05, 4.69) is 67.9 Å². The van der Waals surface area contributed by atoms with Crippen molar-refractivity contribution in [3.05, 3.63) is 53.3 Å². The molecule has 29 heavy (non-hydrogen) atoms. The fourth-order valence-electron chi connectivity index (χ4n) is 2.62. The highest BCUT2D eigenvalue weighted by Gasteiger charge is 2.16. The summed E-state index contributed by atoms with van der Waals surface area (Å²) in [5, 5.41) is 11.7. The lowest BCUT2D eigenvalue weighted by atomic mass is 10.3. The van der Waals surface area contributed by atoms with Crippen LogP contribution in [0.2, 0.25) is 8.67 Å². The fraction of sp³-hybridized carbons (Fsp3) is 0.263. The molecule has 0 aromatic carbocycles. The number of aromatic amines is 1. The smallest absolute Gasteiger partial charge is 0.117 e. The molecule has 0 aliphatic carbocycles. The van der Waals surface area contributed by atoms with Crippen molar-refractivity contribution in [2.24, 2.45) is 0 Å². The summed E-state index contributed by atoms with van der Waals surface area (Å²) in [7, 11) is 0. The molecule has 154 valence electrons. The molecule has 1 N–H and O–H groups in total. The molecule has 0 saturated heterocycles. The van der Waals surface area contributed by atoms with Crippen LogP contribution in [-0.2, 0) is 0 Å². The summed E-state index contributed by atoms with van der Waals surface area (Å²) in [5.74, 6) is 0. The first-order chi connectivity index (χ1) is 13.7. The van der Waals surface area contributed by atoms with Crippen molar-refractivity contribution in [2.45, 2.75) is 33.7 Å². The van der Waals surface area contributed by atoms with Gasteiger partial charge in [0.25, 0.3) is 0 Å². The Morgan fingerprint density at radius 2 is 1.48 bits per heavy atom. The second-order valence-corrected chi connectivity index (χ2v) is 11.5. The van der Waals surface area contributed by atoms with Gasteiger partial charge in [-0.1, -0.05) is 23.2 Å². The van der Waals surface area contributed by atoms with E-state index in [1.165, 1.54) is 11.3 Å². The first-order valence-corrected chi connectivity index (χ1v) is 12.6. The normalized spacial score (nSPS) is 11.1. The minimum absolute atomic E-state index is 0.362. The fourth-order valence-corrected chi connectivity index (χ4v) is 5.82. The highest BCUT2D eigenvalue weighted by atomic mass is 79.9. The van der Waals surface area contributed by atoms with E-state index >= 15 is 0 Å². The third-order valence-corrected chi connectivity index (χ3v) is 8.45. The van der Waals surface area contributed by atoms with Crippen LogP contribution >= 0.6 is 77.7 Å². The average Bonchev–Trinajstić information content (AvgIpc) is 3.42. The van der Waals surface area contributed by atoms with Crippen molar-refractivity contribution >= 4 is 77.7 Å². The van der Waals surface area contributed by atoms with Crippen molar-refractivity contribution in [2.75, 3.05) is 0 Å². The van der Waals surface area contributed by atoms with Crippen LogP contribution in [0.25, 0.3) is 21.1 Å². The number of nitrogens with zero attached hydrogens (tertiary/aromatic N) is 3. The van der Waals surface area contributed by atoms with Crippen molar-refractivity contribution in [1.29, 1.82) is 0 Å². The van der Waals surface area contributed by atoms with Crippen molar-refractivity contribution in [3.8, 4) is 21.1 Å². The molecule has 0 fully saturated rings. The van der Waals surface area contributed by atoms with Crippen LogP contribution in [0.5, 0.6) is 0 Å². The van der Waals surface area contributed by atoms with Crippen molar-refractivity contribution in [1.82, 2.24) is 20.0 Å². The van der Waals surface area contributed by atoms with E-state index in [1.807, 2.05) is 35.9 Å². The molecule has 10 heteroatoms. The second-order valence-electron chi connectivity index (χ2n) is 6.51. The van der Waals surface area contributed by atoms with Crippen LogP contribution in [0, 0.1) is 13.8 Å². The number of aryl methyl sites for hydroxylation is 1. The molecule has 0 saturated carbocycles. The molecule has 4 aromatic rings. The molecule has 0 atom stereocenters. The summed E-state index contributed by atoms with van der Waals surface area (Å²) < 4.78 is 5.65. The second kappa shape index (κ2) is 9.66. The molecule has 4 nitrogen and oxygen atoms in total. The number of thiophene rings is 2. The SMILES string of the molecule is Cc1[nH]nc(-c2ccc(Cl)s2)c1Br.Cc1c(Br)c(-c2ccc(Cl)s2)nn1C(C)C. The highest BCUT2D eigenvalue weighted by Crippen LogP contribution is 2.37. The third kappa shape index (κ3) is 5.17. The van der Waals surface area contributed by atoms with Crippen molar-refractivity contribution < 1.29 is 0 Å². The Labute approximate surface area is 204 Å². The number of H-pyrrole nitrogens is 1. The van der Waals surface area contributed by atoms with Gasteiger partial charge < -0.3 is 0 Å². The van der Waals surface area contributed by atoms with Gasteiger partial charge in [-0.05, 0) is 83.8 Å². The quantitative estimate of drug-likeness (QED) is 0.257. The highest BCUT2D eigenvalue weighted by molar-refractivity contribution is 9.11. The van der Waals surface area contributed by atoms with Crippen LogP contribution in [0.3, 0.4) is 0 Å². The van der Waals surface area contributed by atoms with E-state index in [0.29, 0.717) is 6.04 Å². The minimum atomic E-state index is 0.362. The number of rotatable bonds is 3. The van der Waals surface area contributed by atoms with Crippen LogP contribution in [0.1, 0.15) is 31.3 Å². The average molecular weight is 597 g/mol. The molecule has 0 amide bonds. The molecule has 0 bridgehead atoms. The maximum atomic E-state index is 5.94. The van der Waals surface area contributed by atoms with E-state index in [9.17, 15) is 0 Å². The van der Waals surface area contributed by atoms with Gasteiger partial charge in [-0.2, -0.15) is 10.2 Å². The maximum Gasteiger partial charge on any atom is 0.117 e. The number of hydrogen-bond acceptors (Lipinski definition) is 4. The Balaban J connectivity index is 0.000000169. The summed E-state index contributed by atoms with van der Waals surface area (Å²) in [6.07, 6.45) is 0. The zero-order valence-corrected chi connectivity index (χ0v) is 22.4. The van der Waals surface area contributed by atoms with E-state index < -0.39 is 0 Å². The van der Waals surface area contributed by atoms with E-state index in [-0.39, 0.29) is 0 Å². The van der Waals surface area contributed by atoms with E-state index in [1.54, 1.807) is 11.3 Å². The molecule has 0 aliphatic heterocycles. The largest absolute Gasteiger partial charge is 0.281 e. The van der Waals surface area contributed by atoms with Gasteiger partial charge in [-0.15, -0.1) is 22.7 Å². The molecule has 4 heterocycles. The molecular weight excluding hydrogens is 579 g/mol. The van der Waals surface area contributed by atoms with E-state index in [0.717, 1.165) is 50.1 Å². The zero-order valence-electron chi connectivity index (χ0n) is 16.1. The molecular formula is C19H18Br2Cl2N4S2. The summed E-state index contributed by atoms with van der Waals surface area (Å²) in [5.41, 5.74) is 4.08. The van der Waals surface area contributed by atoms with Gasteiger partial charge >= 0.3 is 0 Å². The van der Waals surface area contributed by atoms with Gasteiger partial charge in [-0.3, -0.25) is 9.78 Å². The summed E-state index contributed by atoms with van der Waals surface area (Å²) in [6.45, 7) is 8.28. The lowest BCUT2D eigenvalue weighted by Crippen LogP contribution is -2.04. The number of nitrogens with one attached hydrogen (secondary N) is 1. The van der Waals surface area contributed by atoms with Crippen LogP contribution in [0.15, 0.2) is 33.2 Å². The monoisotopic (exact) mass is 594 g/mol. The lowest BCUT2D eigenvalue weighted by Gasteiger charge is -2.06. The Hall–Kier alpha value is -0.640. The first kappa shape index (κ1) is 23.0. The number of hydrogen-bond donors (Lipinski definition) is 1. The van der Waals surface area contributed by atoms with Crippen molar-refractivity contribution in [3.63, 3.8) is 0 Å². The van der Waals surface area contributed by atoms with Crippen LogP contribution < -0.4 is 0 Å². The summed E-state index contributed by atoms with van der Waals surface area (Å²) in [4.78, 5) is 2.17. The first-order valence-electron chi connectivity index (χ1n) is 8.65. The number of aromatic nitrogens is 4. The standard InChI is InChI=1S/C11H12BrClN2S.C8H6BrClN2S/c1-6(2)15-7(3)10(12)11(14-15)8-4-5-9(13)16-8;1-4-7(9)8(12-11-4)5-2-3-6(10)13-5/h4-6H,1-3H3;2-3H,1H3,(H,11,12). The molecule has 0 spiro atoms. The summed E-state index contributed by atoms with van der Waals surface area (Å²) >= 11 is 21.9. The molecule has 0 aliphatic rings. The maximum absolute atomic E-state index is 5.94. The number of halogens is 4. The van der Waals surface area contributed by atoms with Gasteiger partial charge in [0.2, 0.25) is 0 Å². The predicted molar refractivity (Wildman–Crippen MR) is 133 cm³/mol. The van der Waals surface area contributed by atoms with E-state index in [4.69, 9.17) is 23.2 Å². The topological polar surface area (TPSA) is 46.5 Å². The van der Waals surface area contributed by atoms with Gasteiger partial charge in [0.05, 0.1) is 33.1 Å². The Kier molecular flexibility index (Phi) is 7.67. The van der Waals surface area contributed by atoms with Gasteiger partial charge in [0.15, 0.2) is 0 Å². The van der Waals surface area contributed by atoms with Gasteiger partial charge in [-0.25, -0.2) is 0 Å². The Bertz CT molecular complexity index is 1130. The predicted octanol–water partition coefficient (Wildman–Crippen LogP) is 8.78. The molecule has 0 radical (unpaired) electrons. The molecule has 4 rings (SSSR count). The van der Waals surface area contributed by atoms with Crippen LogP contribution in [0.4, 0.5) is 0 Å². The molecule has 4 aromatic heterocycles. The minimum Gasteiger partial charge on any atom is -0.281 e. The van der Waals surface area contributed by atoms with Gasteiger partial charge in [0, 0.05) is 11.7 Å². The third-order valence-electron chi connectivity index (χ3n) is 4.05. The van der Waals surface area contributed by atoms with Crippen LogP contribution in [-0.4, -0.2) is 20.0 Å². The Morgan fingerprint density at radius 1 is 0.931 bits per heavy atom. The summed E-state index contributed by atoms with van der Waals surface area (Å²) in [6, 6.07) is 8.10. The van der Waals surface area contributed by atoms with Gasteiger partial charge in [0.1, 0.15) is 11.4 Å². The molecule has 0 unspecified atom stereocenters. The Morgan fingerprint density at radius 3 is 1.86 bits per heavy atom. The lowest BCUT2D eigenvalue weighted by molar-refractivity contribution is 0.520.